The lowest BCUT2D eigenvalue weighted by atomic mass is 10.3. The van der Waals surface area contributed by atoms with Gasteiger partial charge in [-0.1, -0.05) is 18.2 Å². The van der Waals surface area contributed by atoms with Crippen LogP contribution in [0.2, 0.25) is 0 Å². The van der Waals surface area contributed by atoms with Crippen molar-refractivity contribution in [1.82, 2.24) is 4.98 Å². The van der Waals surface area contributed by atoms with Gasteiger partial charge in [-0.05, 0) is 30.3 Å². The zero-order valence-electron chi connectivity index (χ0n) is 12.9. The van der Waals surface area contributed by atoms with E-state index in [2.05, 4.69) is 4.98 Å². The third-order valence-electron chi connectivity index (χ3n) is 3.08. The van der Waals surface area contributed by atoms with Gasteiger partial charge < -0.3 is 14.2 Å². The van der Waals surface area contributed by atoms with Crippen LogP contribution in [0.1, 0.15) is 0 Å². The summed E-state index contributed by atoms with van der Waals surface area (Å²) in [5, 5.41) is 0. The predicted octanol–water partition coefficient (Wildman–Crippen LogP) is 4.47. The number of rotatable bonds is 7. The molecule has 3 aromatic rings. The van der Waals surface area contributed by atoms with Crippen molar-refractivity contribution in [3.05, 3.63) is 78.7 Å². The van der Waals surface area contributed by atoms with Gasteiger partial charge in [0.05, 0.1) is 0 Å². The van der Waals surface area contributed by atoms with Crippen LogP contribution in [0, 0.1) is 5.82 Å². The van der Waals surface area contributed by atoms with Crippen LogP contribution in [-0.4, -0.2) is 18.2 Å². The first-order valence-corrected chi connectivity index (χ1v) is 7.50. The fraction of sp³-hybridized carbons (Fsp3) is 0.105. The molecule has 0 radical (unpaired) electrons. The first kappa shape index (κ1) is 15.8. The largest absolute Gasteiger partial charge is 0.490 e. The van der Waals surface area contributed by atoms with Crippen molar-refractivity contribution in [1.29, 1.82) is 0 Å². The molecule has 0 aliphatic heterocycles. The number of halogens is 1. The Morgan fingerprint density at radius 1 is 0.750 bits per heavy atom. The predicted molar refractivity (Wildman–Crippen MR) is 88.1 cm³/mol. The van der Waals surface area contributed by atoms with Crippen LogP contribution in [0.15, 0.2) is 72.9 Å². The molecule has 0 aliphatic carbocycles. The van der Waals surface area contributed by atoms with E-state index < -0.39 is 0 Å². The van der Waals surface area contributed by atoms with Gasteiger partial charge >= 0.3 is 0 Å². The van der Waals surface area contributed by atoms with Crippen LogP contribution in [0.25, 0.3) is 0 Å². The van der Waals surface area contributed by atoms with Gasteiger partial charge in [-0.25, -0.2) is 9.37 Å². The summed E-state index contributed by atoms with van der Waals surface area (Å²) in [5.41, 5.74) is 0. The molecule has 0 amide bonds. The van der Waals surface area contributed by atoms with E-state index in [1.54, 1.807) is 36.5 Å². The summed E-state index contributed by atoms with van der Waals surface area (Å²) in [4.78, 5) is 4.06. The number of aromatic nitrogens is 1. The van der Waals surface area contributed by atoms with Gasteiger partial charge in [0.25, 0.3) is 0 Å². The Hall–Kier alpha value is -3.08. The van der Waals surface area contributed by atoms with Crippen molar-refractivity contribution < 1.29 is 18.6 Å². The Balaban J connectivity index is 1.51. The monoisotopic (exact) mass is 325 g/mol. The van der Waals surface area contributed by atoms with Crippen molar-refractivity contribution in [2.45, 2.75) is 0 Å². The van der Waals surface area contributed by atoms with Gasteiger partial charge in [0.2, 0.25) is 5.88 Å². The Labute approximate surface area is 139 Å². The van der Waals surface area contributed by atoms with Crippen LogP contribution in [0.5, 0.6) is 23.1 Å². The van der Waals surface area contributed by atoms with Crippen molar-refractivity contribution in [2.75, 3.05) is 13.2 Å². The molecule has 0 N–H and O–H groups in total. The molecule has 0 aliphatic rings. The highest BCUT2D eigenvalue weighted by Crippen LogP contribution is 2.25. The smallest absolute Gasteiger partial charge is 0.213 e. The van der Waals surface area contributed by atoms with Crippen LogP contribution >= 0.6 is 0 Å². The summed E-state index contributed by atoms with van der Waals surface area (Å²) in [6.07, 6.45) is 1.67. The molecule has 5 heteroatoms. The average molecular weight is 325 g/mol. The summed E-state index contributed by atoms with van der Waals surface area (Å²) in [6.45, 7) is 0.756. The minimum Gasteiger partial charge on any atom is -0.490 e. The number of ether oxygens (including phenoxy) is 3. The Bertz CT molecular complexity index is 780. The molecular weight excluding hydrogens is 309 g/mol. The Morgan fingerprint density at radius 2 is 1.50 bits per heavy atom. The van der Waals surface area contributed by atoms with E-state index in [-0.39, 0.29) is 5.82 Å². The van der Waals surface area contributed by atoms with E-state index in [1.165, 1.54) is 12.1 Å². The maximum absolute atomic E-state index is 13.2. The second-order valence-corrected chi connectivity index (χ2v) is 4.90. The molecule has 1 heterocycles. The molecule has 1 aromatic heterocycles. The van der Waals surface area contributed by atoms with Crippen LogP contribution in [0.3, 0.4) is 0 Å². The van der Waals surface area contributed by atoms with E-state index in [4.69, 9.17) is 14.2 Å². The van der Waals surface area contributed by atoms with Gasteiger partial charge in [-0.3, -0.25) is 0 Å². The van der Waals surface area contributed by atoms with Crippen LogP contribution in [0.4, 0.5) is 4.39 Å². The molecule has 4 nitrogen and oxygen atoms in total. The van der Waals surface area contributed by atoms with E-state index >= 15 is 0 Å². The minimum atomic E-state index is -0.341. The fourth-order valence-corrected chi connectivity index (χ4v) is 2.03. The summed E-state index contributed by atoms with van der Waals surface area (Å²) in [6, 6.07) is 18.6. The topological polar surface area (TPSA) is 40.6 Å². The van der Waals surface area contributed by atoms with Crippen molar-refractivity contribution >= 4 is 0 Å². The van der Waals surface area contributed by atoms with Crippen LogP contribution in [-0.2, 0) is 0 Å². The minimum absolute atomic E-state index is 0.341. The van der Waals surface area contributed by atoms with Crippen molar-refractivity contribution in [2.24, 2.45) is 0 Å². The zero-order valence-corrected chi connectivity index (χ0v) is 12.9. The first-order chi connectivity index (χ1) is 11.8. The second kappa shape index (κ2) is 7.97. The number of pyridine rings is 1. The SMILES string of the molecule is Fc1cccc(Oc2cccc(OCCOc3ccccn3)c2)c1. The average Bonchev–Trinajstić information content (AvgIpc) is 2.60. The first-order valence-electron chi connectivity index (χ1n) is 7.50. The fourth-order valence-electron chi connectivity index (χ4n) is 2.03. The molecule has 0 atom stereocenters. The van der Waals surface area contributed by atoms with Gasteiger partial charge in [0, 0.05) is 24.4 Å². The molecule has 0 saturated carbocycles. The second-order valence-electron chi connectivity index (χ2n) is 4.90. The van der Waals surface area contributed by atoms with Crippen molar-refractivity contribution in [3.8, 4) is 23.1 Å². The molecule has 0 fully saturated rings. The molecular formula is C19H16FNO3. The molecule has 0 bridgehead atoms. The number of nitrogens with zero attached hydrogens (tertiary/aromatic N) is 1. The molecule has 0 spiro atoms. The lowest BCUT2D eigenvalue weighted by molar-refractivity contribution is 0.211. The normalized spacial score (nSPS) is 10.2. The Kier molecular flexibility index (Phi) is 5.24. The number of benzene rings is 2. The van der Waals surface area contributed by atoms with Gasteiger partial charge in [0.15, 0.2) is 0 Å². The summed E-state index contributed by atoms with van der Waals surface area (Å²) >= 11 is 0. The van der Waals surface area contributed by atoms with E-state index in [1.807, 2.05) is 24.3 Å². The molecule has 0 unspecified atom stereocenters. The standard InChI is InChI=1S/C19H16FNO3/c20-15-5-3-7-17(13-15)24-18-8-4-6-16(14-18)22-11-12-23-19-9-1-2-10-21-19/h1-10,13-14H,11-12H2. The van der Waals surface area contributed by atoms with Crippen LogP contribution < -0.4 is 14.2 Å². The van der Waals surface area contributed by atoms with Gasteiger partial charge in [0.1, 0.15) is 36.3 Å². The summed E-state index contributed by atoms with van der Waals surface area (Å²) < 4.78 is 29.9. The lowest BCUT2D eigenvalue weighted by Gasteiger charge is -2.10. The summed E-state index contributed by atoms with van der Waals surface area (Å²) in [7, 11) is 0. The maximum Gasteiger partial charge on any atom is 0.213 e. The molecule has 2 aromatic carbocycles. The third kappa shape index (κ3) is 4.71. The molecule has 24 heavy (non-hydrogen) atoms. The van der Waals surface area contributed by atoms with E-state index in [0.717, 1.165) is 0 Å². The van der Waals surface area contributed by atoms with Gasteiger partial charge in [-0.15, -0.1) is 0 Å². The Morgan fingerprint density at radius 3 is 2.29 bits per heavy atom. The zero-order chi connectivity index (χ0) is 16.6. The quantitative estimate of drug-likeness (QED) is 0.601. The van der Waals surface area contributed by atoms with Gasteiger partial charge in [-0.2, -0.15) is 0 Å². The maximum atomic E-state index is 13.2. The molecule has 0 saturated heterocycles. The number of hydrogen-bond acceptors (Lipinski definition) is 4. The van der Waals surface area contributed by atoms with E-state index in [0.29, 0.717) is 36.3 Å². The highest BCUT2D eigenvalue weighted by Gasteiger charge is 2.02. The molecule has 122 valence electrons. The van der Waals surface area contributed by atoms with E-state index in [9.17, 15) is 4.39 Å². The highest BCUT2D eigenvalue weighted by molar-refractivity contribution is 5.36. The molecule has 3 rings (SSSR count). The third-order valence-corrected chi connectivity index (χ3v) is 3.08. The van der Waals surface area contributed by atoms with Crippen molar-refractivity contribution in [3.63, 3.8) is 0 Å². The highest BCUT2D eigenvalue weighted by atomic mass is 19.1. The lowest BCUT2D eigenvalue weighted by Crippen LogP contribution is -2.09. The summed E-state index contributed by atoms with van der Waals surface area (Å²) in [5.74, 6) is 1.87. The number of hydrogen-bond donors (Lipinski definition) is 0.